The van der Waals surface area contributed by atoms with Crippen molar-refractivity contribution in [2.75, 3.05) is 33.4 Å². The van der Waals surface area contributed by atoms with Gasteiger partial charge >= 0.3 is 0 Å². The van der Waals surface area contributed by atoms with E-state index >= 15 is 0 Å². The van der Waals surface area contributed by atoms with Crippen LogP contribution in [0, 0.1) is 5.92 Å². The number of amides is 1. The lowest BCUT2D eigenvalue weighted by Gasteiger charge is -2.45. The van der Waals surface area contributed by atoms with Crippen molar-refractivity contribution in [3.8, 4) is 11.5 Å². The average Bonchev–Trinajstić information content (AvgIpc) is 3.27. The fraction of sp³-hybridized carbons (Fsp3) is 0.519. The summed E-state index contributed by atoms with van der Waals surface area (Å²) in [5.41, 5.74) is 2.30. The van der Waals surface area contributed by atoms with Gasteiger partial charge in [-0.1, -0.05) is 49.4 Å². The Labute approximate surface area is 191 Å². The predicted molar refractivity (Wildman–Crippen MR) is 125 cm³/mol. The number of nitrogens with zero attached hydrogens (tertiary/aromatic N) is 1. The molecule has 1 spiro atoms. The van der Waals surface area contributed by atoms with Crippen LogP contribution in [0.3, 0.4) is 0 Å². The lowest BCUT2D eigenvalue weighted by molar-refractivity contribution is -0.141. The molecule has 2 saturated heterocycles. The van der Waals surface area contributed by atoms with Crippen LogP contribution >= 0.6 is 0 Å². The first-order valence-electron chi connectivity index (χ1n) is 12.0. The van der Waals surface area contributed by atoms with Gasteiger partial charge in [-0.25, -0.2) is 0 Å². The van der Waals surface area contributed by atoms with Crippen molar-refractivity contribution in [2.45, 2.75) is 50.0 Å². The number of carbonyl (C=O) groups is 1. The van der Waals surface area contributed by atoms with E-state index in [1.165, 1.54) is 5.56 Å². The number of benzene rings is 2. The largest absolute Gasteiger partial charge is 0.493 e. The van der Waals surface area contributed by atoms with E-state index in [1.807, 2.05) is 12.1 Å². The van der Waals surface area contributed by atoms with Crippen molar-refractivity contribution in [3.63, 3.8) is 0 Å². The zero-order valence-electron chi connectivity index (χ0n) is 19.2. The minimum atomic E-state index is -0.228. The van der Waals surface area contributed by atoms with Crippen LogP contribution in [-0.4, -0.2) is 50.2 Å². The molecule has 2 aromatic rings. The molecule has 0 aliphatic carbocycles. The molecule has 2 aromatic carbocycles. The molecule has 0 bridgehead atoms. The number of fused-ring (bicyclic) bond motifs is 2. The van der Waals surface area contributed by atoms with Crippen LogP contribution in [0.25, 0.3) is 0 Å². The number of nitrogens with one attached hydrogen (secondary N) is 1. The van der Waals surface area contributed by atoms with Crippen molar-refractivity contribution in [1.29, 1.82) is 0 Å². The van der Waals surface area contributed by atoms with E-state index in [9.17, 15) is 4.79 Å². The number of likely N-dealkylation sites (tertiary alicyclic amines) is 1. The van der Waals surface area contributed by atoms with E-state index in [0.29, 0.717) is 24.5 Å². The molecule has 5 rings (SSSR count). The van der Waals surface area contributed by atoms with Gasteiger partial charge < -0.3 is 19.7 Å². The Morgan fingerprint density at radius 3 is 2.84 bits per heavy atom. The smallest absolute Gasteiger partial charge is 0.228 e. The lowest BCUT2D eigenvalue weighted by Crippen LogP contribution is -2.53. The van der Waals surface area contributed by atoms with Gasteiger partial charge in [0.15, 0.2) is 11.5 Å². The summed E-state index contributed by atoms with van der Waals surface area (Å²) in [4.78, 5) is 16.3. The Morgan fingerprint density at radius 2 is 2.06 bits per heavy atom. The molecule has 1 N–H and O–H groups in total. The standard InChI is InChI=1S/C27H34N2O3/c1-3-21-16-20(19-8-5-4-6-9-19)12-14-29(21)26(30)23-17-28-18-27(23)13-15-32-25-22(27)10-7-11-24(25)31-2/h4-11,20-21,23,28H,3,12-18H2,1-2H3. The van der Waals surface area contributed by atoms with Crippen LogP contribution in [0.5, 0.6) is 11.5 Å². The van der Waals surface area contributed by atoms with Crippen LogP contribution in [-0.2, 0) is 10.2 Å². The second-order valence-corrected chi connectivity index (χ2v) is 9.50. The maximum Gasteiger partial charge on any atom is 0.228 e. The summed E-state index contributed by atoms with van der Waals surface area (Å²) < 4.78 is 11.6. The minimum absolute atomic E-state index is 0.0698. The number of rotatable bonds is 4. The molecule has 5 nitrogen and oxygen atoms in total. The molecule has 170 valence electrons. The Bertz CT molecular complexity index is 963. The highest BCUT2D eigenvalue weighted by Gasteiger charge is 2.53. The van der Waals surface area contributed by atoms with Crippen molar-refractivity contribution >= 4 is 5.91 Å². The van der Waals surface area contributed by atoms with E-state index in [4.69, 9.17) is 9.47 Å². The summed E-state index contributed by atoms with van der Waals surface area (Å²) in [5, 5.41) is 3.55. The molecule has 3 aliphatic heterocycles. The van der Waals surface area contributed by atoms with Crippen LogP contribution < -0.4 is 14.8 Å². The maximum absolute atomic E-state index is 14.1. The third-order valence-corrected chi connectivity index (χ3v) is 8.02. The molecule has 4 atom stereocenters. The van der Waals surface area contributed by atoms with Crippen molar-refractivity contribution in [1.82, 2.24) is 10.2 Å². The maximum atomic E-state index is 14.1. The van der Waals surface area contributed by atoms with Gasteiger partial charge in [-0.3, -0.25) is 4.79 Å². The molecule has 3 heterocycles. The van der Waals surface area contributed by atoms with Gasteiger partial charge in [-0.2, -0.15) is 0 Å². The minimum Gasteiger partial charge on any atom is -0.493 e. The second-order valence-electron chi connectivity index (χ2n) is 9.50. The summed E-state index contributed by atoms with van der Waals surface area (Å²) in [6, 6.07) is 17.2. The fourth-order valence-electron chi connectivity index (χ4n) is 6.27. The molecule has 3 aliphatic rings. The van der Waals surface area contributed by atoms with E-state index in [2.05, 4.69) is 53.5 Å². The molecule has 0 radical (unpaired) electrons. The summed E-state index contributed by atoms with van der Waals surface area (Å²) in [7, 11) is 1.68. The number of methoxy groups -OCH3 is 1. The van der Waals surface area contributed by atoms with Gasteiger partial charge in [0.1, 0.15) is 0 Å². The molecule has 4 unspecified atom stereocenters. The molecular weight excluding hydrogens is 400 g/mol. The zero-order valence-corrected chi connectivity index (χ0v) is 19.2. The van der Waals surface area contributed by atoms with Crippen LogP contribution in [0.4, 0.5) is 0 Å². The third kappa shape index (κ3) is 3.47. The quantitative estimate of drug-likeness (QED) is 0.787. The average molecular weight is 435 g/mol. The van der Waals surface area contributed by atoms with Crippen molar-refractivity contribution in [2.24, 2.45) is 5.92 Å². The van der Waals surface area contributed by atoms with Gasteiger partial charge in [0.25, 0.3) is 0 Å². The highest BCUT2D eigenvalue weighted by atomic mass is 16.5. The Hall–Kier alpha value is -2.53. The lowest BCUT2D eigenvalue weighted by atomic mass is 9.68. The molecule has 2 fully saturated rings. The zero-order chi connectivity index (χ0) is 22.1. The Kier molecular flexibility index (Phi) is 5.85. The van der Waals surface area contributed by atoms with Gasteiger partial charge in [0, 0.05) is 36.7 Å². The first-order valence-corrected chi connectivity index (χ1v) is 12.0. The number of piperidine rings is 1. The molecular formula is C27H34N2O3. The molecule has 0 aromatic heterocycles. The van der Waals surface area contributed by atoms with Crippen molar-refractivity contribution in [3.05, 3.63) is 59.7 Å². The predicted octanol–water partition coefficient (Wildman–Crippen LogP) is 4.12. The summed E-state index contributed by atoms with van der Waals surface area (Å²) in [6.45, 7) is 5.21. The van der Waals surface area contributed by atoms with Crippen LogP contribution in [0.2, 0.25) is 0 Å². The Balaban J connectivity index is 1.41. The molecule has 0 saturated carbocycles. The highest BCUT2D eigenvalue weighted by Crippen LogP contribution is 2.50. The Morgan fingerprint density at radius 1 is 1.22 bits per heavy atom. The number of hydrogen-bond acceptors (Lipinski definition) is 4. The number of ether oxygens (including phenoxy) is 2. The first-order chi connectivity index (χ1) is 15.7. The van der Waals surface area contributed by atoms with Crippen molar-refractivity contribution < 1.29 is 14.3 Å². The van der Waals surface area contributed by atoms with Gasteiger partial charge in [-0.05, 0) is 43.2 Å². The van der Waals surface area contributed by atoms with Gasteiger partial charge in [0.05, 0.1) is 19.6 Å². The van der Waals surface area contributed by atoms with Gasteiger partial charge in [0.2, 0.25) is 5.91 Å². The number of para-hydroxylation sites is 1. The number of hydrogen-bond donors (Lipinski definition) is 1. The van der Waals surface area contributed by atoms with E-state index < -0.39 is 0 Å². The number of carbonyl (C=O) groups excluding carboxylic acids is 1. The van der Waals surface area contributed by atoms with E-state index in [0.717, 1.165) is 62.4 Å². The first kappa shape index (κ1) is 21.3. The topological polar surface area (TPSA) is 50.8 Å². The second kappa shape index (κ2) is 8.78. The van der Waals surface area contributed by atoms with E-state index in [-0.39, 0.29) is 11.3 Å². The highest BCUT2D eigenvalue weighted by molar-refractivity contribution is 5.82. The monoisotopic (exact) mass is 434 g/mol. The fourth-order valence-corrected chi connectivity index (χ4v) is 6.27. The normalized spacial score (nSPS) is 29.4. The summed E-state index contributed by atoms with van der Waals surface area (Å²) in [6.07, 6.45) is 3.93. The van der Waals surface area contributed by atoms with Crippen LogP contribution in [0.15, 0.2) is 48.5 Å². The third-order valence-electron chi connectivity index (χ3n) is 8.02. The van der Waals surface area contributed by atoms with Crippen LogP contribution in [0.1, 0.15) is 49.7 Å². The molecule has 1 amide bonds. The SMILES string of the molecule is CCC1CC(c2ccccc2)CCN1C(=O)C1CNCC12CCOc1c(OC)cccc12. The summed E-state index contributed by atoms with van der Waals surface area (Å²) in [5.74, 6) is 2.35. The summed E-state index contributed by atoms with van der Waals surface area (Å²) >= 11 is 0. The van der Waals surface area contributed by atoms with Gasteiger partial charge in [-0.15, -0.1) is 0 Å². The molecule has 32 heavy (non-hydrogen) atoms. The van der Waals surface area contributed by atoms with E-state index in [1.54, 1.807) is 7.11 Å². The molecule has 5 heteroatoms.